The molecule has 1 saturated heterocycles. The van der Waals surface area contributed by atoms with Gasteiger partial charge in [0.05, 0.1) is 33.4 Å². The van der Waals surface area contributed by atoms with Crippen LogP contribution >= 0.6 is 0 Å². The van der Waals surface area contributed by atoms with Crippen LogP contribution in [0.4, 0.5) is 9.18 Å². The van der Waals surface area contributed by atoms with E-state index in [1.807, 2.05) is 12.1 Å². The van der Waals surface area contributed by atoms with Gasteiger partial charge >= 0.3 is 6.03 Å². The third kappa shape index (κ3) is 4.92. The molecule has 2 aromatic rings. The zero-order valence-electron chi connectivity index (χ0n) is 16.1. The first kappa shape index (κ1) is 19.9. The number of hydrogen-bond donors (Lipinski definition) is 1. The lowest BCUT2D eigenvalue weighted by atomic mass is 10.1. The van der Waals surface area contributed by atoms with Crippen LogP contribution in [0.25, 0.3) is 0 Å². The van der Waals surface area contributed by atoms with Gasteiger partial charge in [-0.05, 0) is 30.2 Å². The van der Waals surface area contributed by atoms with Crippen LogP contribution in [0.3, 0.4) is 0 Å². The predicted octanol–water partition coefficient (Wildman–Crippen LogP) is 3.34. The number of ether oxygens (including phenoxy) is 3. The SMILES string of the molecule is COc1ccc(CN(Cc2ccccc2F)C(=O)N[C@@H]2CCOC2)cc1OC. The lowest BCUT2D eigenvalue weighted by Crippen LogP contribution is -2.44. The topological polar surface area (TPSA) is 60.0 Å². The smallest absolute Gasteiger partial charge is 0.318 e. The fourth-order valence-corrected chi connectivity index (χ4v) is 3.15. The van der Waals surface area contributed by atoms with Gasteiger partial charge in [-0.2, -0.15) is 0 Å². The first-order valence-corrected chi connectivity index (χ1v) is 9.18. The average Bonchev–Trinajstić information content (AvgIpc) is 3.21. The Kier molecular flexibility index (Phi) is 6.71. The summed E-state index contributed by atoms with van der Waals surface area (Å²) in [5, 5.41) is 2.97. The van der Waals surface area contributed by atoms with E-state index in [1.54, 1.807) is 43.4 Å². The van der Waals surface area contributed by atoms with Crippen molar-refractivity contribution in [3.05, 3.63) is 59.4 Å². The van der Waals surface area contributed by atoms with E-state index >= 15 is 0 Å². The molecule has 7 heteroatoms. The van der Waals surface area contributed by atoms with E-state index in [0.717, 1.165) is 12.0 Å². The number of carbonyl (C=O) groups excluding carboxylic acids is 1. The number of methoxy groups -OCH3 is 2. The van der Waals surface area contributed by atoms with Gasteiger partial charge < -0.3 is 24.4 Å². The minimum Gasteiger partial charge on any atom is -0.493 e. The summed E-state index contributed by atoms with van der Waals surface area (Å²) in [7, 11) is 3.13. The van der Waals surface area contributed by atoms with Gasteiger partial charge in [0.2, 0.25) is 0 Å². The van der Waals surface area contributed by atoms with Crippen molar-refractivity contribution in [3.63, 3.8) is 0 Å². The molecule has 6 nitrogen and oxygen atoms in total. The summed E-state index contributed by atoms with van der Waals surface area (Å²) in [5.41, 5.74) is 1.31. The standard InChI is InChI=1S/C21H25FN2O4/c1-26-19-8-7-15(11-20(19)27-2)12-24(13-16-5-3-4-6-18(16)22)21(25)23-17-9-10-28-14-17/h3-8,11,17H,9-10,12-14H2,1-2H3,(H,23,25)/t17-/m1/s1. The van der Waals surface area contributed by atoms with E-state index in [0.29, 0.717) is 36.8 Å². The first-order valence-electron chi connectivity index (χ1n) is 9.18. The van der Waals surface area contributed by atoms with E-state index in [9.17, 15) is 9.18 Å². The molecule has 1 N–H and O–H groups in total. The van der Waals surface area contributed by atoms with Crippen molar-refractivity contribution in [1.82, 2.24) is 10.2 Å². The number of urea groups is 1. The Morgan fingerprint density at radius 3 is 2.64 bits per heavy atom. The van der Waals surface area contributed by atoms with Gasteiger partial charge in [-0.1, -0.05) is 24.3 Å². The van der Waals surface area contributed by atoms with Gasteiger partial charge in [0.25, 0.3) is 0 Å². The molecule has 1 fully saturated rings. The number of carbonyl (C=O) groups is 1. The van der Waals surface area contributed by atoms with Gasteiger partial charge in [-0.25, -0.2) is 9.18 Å². The number of nitrogens with one attached hydrogen (secondary N) is 1. The molecule has 3 rings (SSSR count). The summed E-state index contributed by atoms with van der Waals surface area (Å²) in [6.45, 7) is 1.58. The van der Waals surface area contributed by atoms with Gasteiger partial charge in [0.15, 0.2) is 11.5 Å². The maximum absolute atomic E-state index is 14.2. The highest BCUT2D eigenvalue weighted by molar-refractivity contribution is 5.74. The van der Waals surface area contributed by atoms with Gasteiger partial charge in [0.1, 0.15) is 5.82 Å². The Morgan fingerprint density at radius 1 is 1.18 bits per heavy atom. The number of nitrogens with zero attached hydrogens (tertiary/aromatic N) is 1. The number of halogens is 1. The molecule has 0 unspecified atom stereocenters. The number of benzene rings is 2. The minimum absolute atomic E-state index is 0.0268. The third-order valence-corrected chi connectivity index (χ3v) is 4.68. The molecule has 0 radical (unpaired) electrons. The van der Waals surface area contributed by atoms with Crippen LogP contribution in [-0.4, -0.2) is 44.4 Å². The Hall–Kier alpha value is -2.80. The molecule has 0 aromatic heterocycles. The summed E-state index contributed by atoms with van der Waals surface area (Å²) in [4.78, 5) is 14.5. The fourth-order valence-electron chi connectivity index (χ4n) is 3.15. The van der Waals surface area contributed by atoms with Crippen LogP contribution in [-0.2, 0) is 17.8 Å². The lowest BCUT2D eigenvalue weighted by Gasteiger charge is -2.25. The fraction of sp³-hybridized carbons (Fsp3) is 0.381. The maximum Gasteiger partial charge on any atom is 0.318 e. The zero-order valence-corrected chi connectivity index (χ0v) is 16.1. The molecule has 150 valence electrons. The number of rotatable bonds is 7. The van der Waals surface area contributed by atoms with Crippen LogP contribution in [0.2, 0.25) is 0 Å². The summed E-state index contributed by atoms with van der Waals surface area (Å²) in [6.07, 6.45) is 0.773. The van der Waals surface area contributed by atoms with E-state index in [-0.39, 0.29) is 24.4 Å². The van der Waals surface area contributed by atoms with Crippen LogP contribution in [0.1, 0.15) is 17.5 Å². The molecule has 1 heterocycles. The second kappa shape index (κ2) is 9.41. The van der Waals surface area contributed by atoms with Crippen molar-refractivity contribution >= 4 is 6.03 Å². The van der Waals surface area contributed by atoms with E-state index in [4.69, 9.17) is 14.2 Å². The maximum atomic E-state index is 14.2. The average molecular weight is 388 g/mol. The van der Waals surface area contributed by atoms with Crippen molar-refractivity contribution < 1.29 is 23.4 Å². The Labute approximate surface area is 164 Å². The summed E-state index contributed by atoms with van der Waals surface area (Å²) < 4.78 is 30.1. The molecule has 1 aliphatic heterocycles. The van der Waals surface area contributed by atoms with Gasteiger partial charge in [-0.3, -0.25) is 0 Å². The zero-order chi connectivity index (χ0) is 19.9. The molecule has 28 heavy (non-hydrogen) atoms. The second-order valence-electron chi connectivity index (χ2n) is 6.65. The highest BCUT2D eigenvalue weighted by Crippen LogP contribution is 2.28. The highest BCUT2D eigenvalue weighted by atomic mass is 19.1. The Balaban J connectivity index is 1.80. The largest absolute Gasteiger partial charge is 0.493 e. The number of amides is 2. The van der Waals surface area contributed by atoms with Crippen molar-refractivity contribution in [2.75, 3.05) is 27.4 Å². The van der Waals surface area contributed by atoms with Crippen LogP contribution in [0, 0.1) is 5.82 Å². The van der Waals surface area contributed by atoms with Crippen molar-refractivity contribution in [3.8, 4) is 11.5 Å². The molecule has 0 aliphatic carbocycles. The molecule has 0 bridgehead atoms. The monoisotopic (exact) mass is 388 g/mol. The summed E-state index contributed by atoms with van der Waals surface area (Å²) >= 11 is 0. The Bertz CT molecular complexity index is 809. The molecule has 0 spiro atoms. The van der Waals surface area contributed by atoms with Crippen LogP contribution in [0.5, 0.6) is 11.5 Å². The molecule has 1 aliphatic rings. The minimum atomic E-state index is -0.336. The van der Waals surface area contributed by atoms with Crippen molar-refractivity contribution in [2.24, 2.45) is 0 Å². The third-order valence-electron chi connectivity index (χ3n) is 4.68. The molecule has 1 atom stereocenters. The first-order chi connectivity index (χ1) is 13.6. The predicted molar refractivity (Wildman–Crippen MR) is 103 cm³/mol. The summed E-state index contributed by atoms with van der Waals surface area (Å²) in [5.74, 6) is 0.853. The normalized spacial score (nSPS) is 15.9. The van der Waals surface area contributed by atoms with Gasteiger partial charge in [0, 0.05) is 18.7 Å². The van der Waals surface area contributed by atoms with E-state index in [1.165, 1.54) is 6.07 Å². The number of hydrogen-bond acceptors (Lipinski definition) is 4. The van der Waals surface area contributed by atoms with Gasteiger partial charge in [-0.15, -0.1) is 0 Å². The molecule has 2 aromatic carbocycles. The molecular weight excluding hydrogens is 363 g/mol. The molecule has 0 saturated carbocycles. The van der Waals surface area contributed by atoms with Crippen molar-refractivity contribution in [2.45, 2.75) is 25.6 Å². The lowest BCUT2D eigenvalue weighted by molar-refractivity contribution is 0.174. The second-order valence-corrected chi connectivity index (χ2v) is 6.65. The van der Waals surface area contributed by atoms with E-state index < -0.39 is 0 Å². The quantitative estimate of drug-likeness (QED) is 0.790. The summed E-state index contributed by atoms with van der Waals surface area (Å²) in [6, 6.07) is 11.7. The molecular formula is C21H25FN2O4. The van der Waals surface area contributed by atoms with E-state index in [2.05, 4.69) is 5.32 Å². The highest BCUT2D eigenvalue weighted by Gasteiger charge is 2.23. The van der Waals surface area contributed by atoms with Crippen LogP contribution in [0.15, 0.2) is 42.5 Å². The van der Waals surface area contributed by atoms with Crippen molar-refractivity contribution in [1.29, 1.82) is 0 Å². The molecule has 2 amide bonds. The Morgan fingerprint density at radius 2 is 1.96 bits per heavy atom. The van der Waals surface area contributed by atoms with Crippen LogP contribution < -0.4 is 14.8 Å².